The van der Waals surface area contributed by atoms with Gasteiger partial charge in [0, 0.05) is 10.9 Å². The molecule has 0 fully saturated rings. The number of H-pyrrole nitrogens is 1. The summed E-state index contributed by atoms with van der Waals surface area (Å²) in [5, 5.41) is 1.09. The third-order valence-electron chi connectivity index (χ3n) is 2.45. The topological polar surface area (TPSA) is 50.8 Å². The van der Waals surface area contributed by atoms with E-state index < -0.39 is 0 Å². The molecule has 3 rings (SSSR count). The van der Waals surface area contributed by atoms with Gasteiger partial charge in [0.2, 0.25) is 5.88 Å². The van der Waals surface area contributed by atoms with Crippen LogP contribution >= 0.6 is 0 Å². The van der Waals surface area contributed by atoms with Crippen molar-refractivity contribution in [3.8, 4) is 5.88 Å². The number of rotatable bonds is 1. The van der Waals surface area contributed by atoms with Crippen molar-refractivity contribution >= 4 is 21.9 Å². The van der Waals surface area contributed by atoms with E-state index in [-0.39, 0.29) is 0 Å². The molecule has 2 heterocycles. The molecule has 0 atom stereocenters. The van der Waals surface area contributed by atoms with Gasteiger partial charge in [-0.3, -0.25) is 0 Å². The molecule has 0 saturated heterocycles. The van der Waals surface area contributed by atoms with Gasteiger partial charge in [0.05, 0.1) is 7.11 Å². The van der Waals surface area contributed by atoms with E-state index in [2.05, 4.69) is 15.0 Å². The zero-order chi connectivity index (χ0) is 10.3. The van der Waals surface area contributed by atoms with Crippen LogP contribution in [0.5, 0.6) is 5.88 Å². The number of para-hydroxylation sites is 1. The summed E-state index contributed by atoms with van der Waals surface area (Å²) in [6.07, 6.45) is 1.52. The number of aromatic amines is 1. The van der Waals surface area contributed by atoms with Crippen molar-refractivity contribution in [2.24, 2.45) is 0 Å². The van der Waals surface area contributed by atoms with Gasteiger partial charge >= 0.3 is 0 Å². The fourth-order valence-electron chi connectivity index (χ4n) is 1.77. The van der Waals surface area contributed by atoms with Crippen LogP contribution in [0.4, 0.5) is 0 Å². The Kier molecular flexibility index (Phi) is 1.62. The normalized spacial score (nSPS) is 11.0. The predicted molar refractivity (Wildman–Crippen MR) is 57.9 cm³/mol. The van der Waals surface area contributed by atoms with Crippen LogP contribution in [0.3, 0.4) is 0 Å². The van der Waals surface area contributed by atoms with Crippen molar-refractivity contribution < 1.29 is 4.74 Å². The van der Waals surface area contributed by atoms with Gasteiger partial charge in [0.1, 0.15) is 17.4 Å². The third-order valence-corrected chi connectivity index (χ3v) is 2.45. The Morgan fingerprint density at radius 2 is 2.07 bits per heavy atom. The summed E-state index contributed by atoms with van der Waals surface area (Å²) in [6, 6.07) is 8.01. The third kappa shape index (κ3) is 1.08. The van der Waals surface area contributed by atoms with Crippen molar-refractivity contribution in [3.05, 3.63) is 30.6 Å². The summed E-state index contributed by atoms with van der Waals surface area (Å²) < 4.78 is 5.17. The Hall–Kier alpha value is -2.10. The number of nitrogens with one attached hydrogen (secondary N) is 1. The molecule has 0 radical (unpaired) electrons. The maximum Gasteiger partial charge on any atom is 0.241 e. The SMILES string of the molecule is COc1ncnc2c1[nH]c1ccccc12. The largest absolute Gasteiger partial charge is 0.479 e. The number of nitrogens with zero attached hydrogens (tertiary/aromatic N) is 2. The second-order valence-electron chi connectivity index (χ2n) is 3.28. The summed E-state index contributed by atoms with van der Waals surface area (Å²) in [5.41, 5.74) is 2.80. The molecule has 4 nitrogen and oxygen atoms in total. The highest BCUT2D eigenvalue weighted by Gasteiger charge is 2.09. The molecule has 74 valence electrons. The molecule has 0 saturated carbocycles. The average Bonchev–Trinajstić information content (AvgIpc) is 2.67. The van der Waals surface area contributed by atoms with Gasteiger partial charge in [-0.25, -0.2) is 4.98 Å². The number of methoxy groups -OCH3 is 1. The molecule has 1 N–H and O–H groups in total. The van der Waals surface area contributed by atoms with E-state index in [1.165, 1.54) is 6.33 Å². The minimum absolute atomic E-state index is 0.580. The van der Waals surface area contributed by atoms with Gasteiger partial charge in [-0.15, -0.1) is 0 Å². The minimum Gasteiger partial charge on any atom is -0.479 e. The zero-order valence-electron chi connectivity index (χ0n) is 8.19. The Morgan fingerprint density at radius 1 is 1.20 bits per heavy atom. The second kappa shape index (κ2) is 2.95. The van der Waals surface area contributed by atoms with E-state index in [0.29, 0.717) is 5.88 Å². The minimum atomic E-state index is 0.580. The Bertz CT molecular complexity index is 630. The summed E-state index contributed by atoms with van der Waals surface area (Å²) in [7, 11) is 1.60. The summed E-state index contributed by atoms with van der Waals surface area (Å²) >= 11 is 0. The fraction of sp³-hybridized carbons (Fsp3) is 0.0909. The quantitative estimate of drug-likeness (QED) is 0.653. The van der Waals surface area contributed by atoms with E-state index >= 15 is 0 Å². The standard InChI is InChI=1S/C11H9N3O/c1-15-11-10-9(12-6-13-11)7-4-2-3-5-8(7)14-10/h2-6,14H,1H3. The molecule has 0 amide bonds. The first kappa shape index (κ1) is 8.23. The lowest BCUT2D eigenvalue weighted by Crippen LogP contribution is -1.89. The summed E-state index contributed by atoms with van der Waals surface area (Å²) in [4.78, 5) is 11.6. The highest BCUT2D eigenvalue weighted by atomic mass is 16.5. The van der Waals surface area contributed by atoms with Gasteiger partial charge in [0.25, 0.3) is 0 Å². The molecule has 4 heteroatoms. The van der Waals surface area contributed by atoms with Crippen LogP contribution < -0.4 is 4.74 Å². The van der Waals surface area contributed by atoms with Gasteiger partial charge in [-0.05, 0) is 6.07 Å². The molecule has 15 heavy (non-hydrogen) atoms. The lowest BCUT2D eigenvalue weighted by atomic mass is 10.2. The van der Waals surface area contributed by atoms with Crippen molar-refractivity contribution in [3.63, 3.8) is 0 Å². The van der Waals surface area contributed by atoms with E-state index in [4.69, 9.17) is 4.74 Å². The van der Waals surface area contributed by atoms with Gasteiger partial charge in [0.15, 0.2) is 0 Å². The van der Waals surface area contributed by atoms with Crippen molar-refractivity contribution in [1.29, 1.82) is 0 Å². The highest BCUT2D eigenvalue weighted by molar-refractivity contribution is 6.06. The number of hydrogen-bond acceptors (Lipinski definition) is 3. The second-order valence-corrected chi connectivity index (χ2v) is 3.28. The maximum atomic E-state index is 5.17. The van der Waals surface area contributed by atoms with Gasteiger partial charge in [-0.1, -0.05) is 18.2 Å². The van der Waals surface area contributed by atoms with Gasteiger partial charge in [-0.2, -0.15) is 4.98 Å². The molecular weight excluding hydrogens is 190 g/mol. The molecular formula is C11H9N3O. The number of fused-ring (bicyclic) bond motifs is 3. The lowest BCUT2D eigenvalue weighted by Gasteiger charge is -1.97. The summed E-state index contributed by atoms with van der Waals surface area (Å²) in [5.74, 6) is 0.580. The van der Waals surface area contributed by atoms with E-state index in [9.17, 15) is 0 Å². The summed E-state index contributed by atoms with van der Waals surface area (Å²) in [6.45, 7) is 0. The highest BCUT2D eigenvalue weighted by Crippen LogP contribution is 2.27. The number of benzene rings is 1. The van der Waals surface area contributed by atoms with E-state index in [1.54, 1.807) is 7.11 Å². The first-order valence-corrected chi connectivity index (χ1v) is 4.65. The molecule has 0 unspecified atom stereocenters. The first-order chi connectivity index (χ1) is 7.40. The van der Waals surface area contributed by atoms with Crippen molar-refractivity contribution in [2.45, 2.75) is 0 Å². The molecule has 0 bridgehead atoms. The first-order valence-electron chi connectivity index (χ1n) is 4.65. The zero-order valence-corrected chi connectivity index (χ0v) is 8.19. The van der Waals surface area contributed by atoms with Crippen LogP contribution in [0.15, 0.2) is 30.6 Å². The number of aromatic nitrogens is 3. The number of hydrogen-bond donors (Lipinski definition) is 1. The van der Waals surface area contributed by atoms with Crippen LogP contribution in [0.2, 0.25) is 0 Å². The molecule has 2 aromatic heterocycles. The van der Waals surface area contributed by atoms with Gasteiger partial charge < -0.3 is 9.72 Å². The van der Waals surface area contributed by atoms with E-state index in [0.717, 1.165) is 21.9 Å². The van der Waals surface area contributed by atoms with Crippen LogP contribution in [0.1, 0.15) is 0 Å². The van der Waals surface area contributed by atoms with Crippen LogP contribution in [0, 0.1) is 0 Å². The van der Waals surface area contributed by atoms with Crippen LogP contribution in [-0.4, -0.2) is 22.1 Å². The molecule has 0 aliphatic rings. The van der Waals surface area contributed by atoms with E-state index in [1.807, 2.05) is 24.3 Å². The van der Waals surface area contributed by atoms with Crippen molar-refractivity contribution in [1.82, 2.24) is 15.0 Å². The van der Waals surface area contributed by atoms with Crippen LogP contribution in [0.25, 0.3) is 21.9 Å². The molecule has 0 spiro atoms. The van der Waals surface area contributed by atoms with Crippen molar-refractivity contribution in [2.75, 3.05) is 7.11 Å². The smallest absolute Gasteiger partial charge is 0.241 e. The average molecular weight is 199 g/mol. The lowest BCUT2D eigenvalue weighted by molar-refractivity contribution is 0.402. The molecule has 0 aliphatic heterocycles. The molecule has 1 aromatic carbocycles. The molecule has 3 aromatic rings. The fourth-order valence-corrected chi connectivity index (χ4v) is 1.77. The number of ether oxygens (including phenoxy) is 1. The Labute approximate surface area is 85.9 Å². The Morgan fingerprint density at radius 3 is 2.93 bits per heavy atom. The monoisotopic (exact) mass is 199 g/mol. The predicted octanol–water partition coefficient (Wildman–Crippen LogP) is 2.12. The Balaban J connectivity index is 2.53. The molecule has 0 aliphatic carbocycles. The van der Waals surface area contributed by atoms with Crippen LogP contribution in [-0.2, 0) is 0 Å². The maximum absolute atomic E-state index is 5.17.